The number of nitrogens with zero attached hydrogens (tertiary/aromatic N) is 3. The summed E-state index contributed by atoms with van der Waals surface area (Å²) < 4.78 is 10.2. The Morgan fingerprint density at radius 2 is 1.90 bits per heavy atom. The van der Waals surface area contributed by atoms with E-state index >= 15 is 0 Å². The Balaban J connectivity index is 0.00000533. The SMILES string of the molecule is CO/N=C(\C(=O)N[C@@H]1C(=O)N2C(C(=O)OC(C)OC(=O)C(C)C)=CCS[C@H]12)c1csc(NC(=O)[C@H](C)[NH3+])n1.[Cl-]. The van der Waals surface area contributed by atoms with Crippen molar-refractivity contribution in [3.8, 4) is 0 Å². The molecule has 3 rings (SSSR count). The maximum Gasteiger partial charge on any atom is 0.357 e. The van der Waals surface area contributed by atoms with Gasteiger partial charge >= 0.3 is 11.9 Å². The lowest BCUT2D eigenvalue weighted by Crippen LogP contribution is -3.00. The Hall–Kier alpha value is -3.21. The molecule has 3 heterocycles. The van der Waals surface area contributed by atoms with E-state index in [9.17, 15) is 24.0 Å². The van der Waals surface area contributed by atoms with Gasteiger partial charge in [-0.15, -0.1) is 23.1 Å². The molecule has 0 aromatic carbocycles. The zero-order valence-electron chi connectivity index (χ0n) is 21.8. The third kappa shape index (κ3) is 7.46. The van der Waals surface area contributed by atoms with Crippen molar-refractivity contribution in [3.63, 3.8) is 0 Å². The Kier molecular flexibility index (Phi) is 11.3. The number of carbonyl (C=O) groups excluding carboxylic acids is 5. The third-order valence-electron chi connectivity index (χ3n) is 5.19. The van der Waals surface area contributed by atoms with Gasteiger partial charge in [0.15, 0.2) is 16.9 Å². The molecule has 39 heavy (non-hydrogen) atoms. The lowest BCUT2D eigenvalue weighted by Gasteiger charge is -2.48. The molecular weight excluding hydrogens is 576 g/mol. The molecule has 0 aliphatic carbocycles. The van der Waals surface area contributed by atoms with Crippen LogP contribution in [0.25, 0.3) is 0 Å². The highest BCUT2D eigenvalue weighted by atomic mass is 35.5. The number of hydrogen-bond acceptors (Lipinski definition) is 12. The molecule has 2 aliphatic rings. The van der Waals surface area contributed by atoms with Crippen molar-refractivity contribution in [1.29, 1.82) is 0 Å². The second-order valence-electron chi connectivity index (χ2n) is 8.59. The maximum absolute atomic E-state index is 13.0. The molecular formula is C22H29ClN6O8S2. The van der Waals surface area contributed by atoms with Crippen molar-refractivity contribution in [2.75, 3.05) is 18.2 Å². The lowest BCUT2D eigenvalue weighted by atomic mass is 10.0. The molecule has 1 unspecified atom stereocenters. The molecule has 14 nitrogen and oxygen atoms in total. The van der Waals surface area contributed by atoms with Gasteiger partial charge < -0.3 is 37.8 Å². The highest BCUT2D eigenvalue weighted by Gasteiger charge is 2.53. The fraction of sp³-hybridized carbons (Fsp3) is 0.500. The van der Waals surface area contributed by atoms with E-state index in [1.165, 1.54) is 42.2 Å². The largest absolute Gasteiger partial charge is 1.00 e. The van der Waals surface area contributed by atoms with E-state index in [-0.39, 0.29) is 40.5 Å². The molecule has 4 atom stereocenters. The number of β-lactam (4-membered cyclic amide) rings is 1. The molecule has 5 N–H and O–H groups in total. The summed E-state index contributed by atoms with van der Waals surface area (Å²) in [7, 11) is 1.25. The van der Waals surface area contributed by atoms with Crippen molar-refractivity contribution >= 4 is 63.6 Å². The molecule has 214 valence electrons. The number of ether oxygens (including phenoxy) is 2. The zero-order chi connectivity index (χ0) is 28.1. The van der Waals surface area contributed by atoms with Crippen LogP contribution < -0.4 is 28.8 Å². The first-order valence-electron chi connectivity index (χ1n) is 11.5. The van der Waals surface area contributed by atoms with Crippen molar-refractivity contribution < 1.29 is 56.4 Å². The first-order valence-corrected chi connectivity index (χ1v) is 13.5. The van der Waals surface area contributed by atoms with Crippen LogP contribution in [0, 0.1) is 5.92 Å². The number of hydrogen-bond donors (Lipinski definition) is 3. The number of oxime groups is 1. The number of thiazole rings is 1. The average Bonchev–Trinajstić information content (AvgIpc) is 3.32. The van der Waals surface area contributed by atoms with Crippen molar-refractivity contribution in [3.05, 3.63) is 22.8 Å². The van der Waals surface area contributed by atoms with E-state index in [0.29, 0.717) is 5.75 Å². The van der Waals surface area contributed by atoms with Crippen molar-refractivity contribution in [1.82, 2.24) is 15.2 Å². The van der Waals surface area contributed by atoms with Crippen LogP contribution in [0.2, 0.25) is 0 Å². The second kappa shape index (κ2) is 13.7. The Morgan fingerprint density at radius 3 is 2.51 bits per heavy atom. The van der Waals surface area contributed by atoms with Crippen LogP contribution in [0.4, 0.5) is 5.13 Å². The number of carbonyl (C=O) groups is 5. The highest BCUT2D eigenvalue weighted by Crippen LogP contribution is 2.38. The highest BCUT2D eigenvalue weighted by molar-refractivity contribution is 8.00. The van der Waals surface area contributed by atoms with Crippen LogP contribution in [0.3, 0.4) is 0 Å². The third-order valence-corrected chi connectivity index (χ3v) is 7.13. The minimum Gasteiger partial charge on any atom is -1.00 e. The molecule has 2 aliphatic heterocycles. The van der Waals surface area contributed by atoms with Gasteiger partial charge in [0.25, 0.3) is 17.7 Å². The number of halogens is 1. The van der Waals surface area contributed by atoms with Crippen LogP contribution in [-0.4, -0.2) is 81.9 Å². The Morgan fingerprint density at radius 1 is 1.21 bits per heavy atom. The van der Waals surface area contributed by atoms with Gasteiger partial charge in [-0.05, 0) is 13.0 Å². The molecule has 0 spiro atoms. The quantitative estimate of drug-likeness (QED) is 0.0791. The molecule has 0 saturated carbocycles. The standard InChI is InChI=1S/C22H28N6O8S2.ClH/c1-9(2)20(32)35-11(4)36-21(33)13-6-7-37-19-15(18(31)28(13)19)25-17(30)14(27-34-5)12-8-38-22(24-12)26-16(29)10(3)23;/h6,8-11,15,19H,7,23H2,1-5H3,(H,25,30)(H,24,26,29);1H/b27-14-;/t10-,11?,15+,19+;/m0./s1. The molecule has 1 aromatic heterocycles. The number of fused-ring (bicyclic) bond motifs is 1. The molecule has 1 saturated heterocycles. The summed E-state index contributed by atoms with van der Waals surface area (Å²) in [5.41, 5.74) is 3.57. The predicted molar refractivity (Wildman–Crippen MR) is 136 cm³/mol. The number of quaternary nitrogens is 1. The van der Waals surface area contributed by atoms with Crippen LogP contribution in [-0.2, 0) is 38.3 Å². The summed E-state index contributed by atoms with van der Waals surface area (Å²) in [5, 5.41) is 10.1. The van der Waals surface area contributed by atoms with Gasteiger partial charge in [-0.2, -0.15) is 0 Å². The zero-order valence-corrected chi connectivity index (χ0v) is 24.1. The van der Waals surface area contributed by atoms with Crippen molar-refractivity contribution in [2.24, 2.45) is 11.1 Å². The van der Waals surface area contributed by atoms with E-state index < -0.39 is 53.4 Å². The number of esters is 2. The first-order chi connectivity index (χ1) is 17.9. The molecule has 0 bridgehead atoms. The minimum atomic E-state index is -1.14. The normalized spacial score (nSPS) is 19.9. The molecule has 1 fully saturated rings. The van der Waals surface area contributed by atoms with Gasteiger partial charge in [0, 0.05) is 18.1 Å². The van der Waals surface area contributed by atoms with Gasteiger partial charge in [0.2, 0.25) is 6.29 Å². The van der Waals surface area contributed by atoms with E-state index in [1.54, 1.807) is 20.8 Å². The van der Waals surface area contributed by atoms with Crippen LogP contribution >= 0.6 is 23.1 Å². The average molecular weight is 605 g/mol. The summed E-state index contributed by atoms with van der Waals surface area (Å²) in [6, 6.07) is -1.46. The fourth-order valence-corrected chi connectivity index (χ4v) is 5.13. The summed E-state index contributed by atoms with van der Waals surface area (Å²) in [6.45, 7) is 6.32. The van der Waals surface area contributed by atoms with E-state index in [1.807, 2.05) is 0 Å². The Bertz CT molecular complexity index is 1190. The van der Waals surface area contributed by atoms with Crippen molar-refractivity contribution in [2.45, 2.75) is 51.4 Å². The number of amides is 3. The fourth-order valence-electron chi connectivity index (χ4n) is 3.24. The lowest BCUT2D eigenvalue weighted by molar-refractivity contribution is -0.396. The molecule has 0 radical (unpaired) electrons. The first kappa shape index (κ1) is 32.0. The van der Waals surface area contributed by atoms with Gasteiger partial charge in [-0.1, -0.05) is 19.0 Å². The monoisotopic (exact) mass is 604 g/mol. The van der Waals surface area contributed by atoms with Gasteiger partial charge in [0.1, 0.15) is 29.9 Å². The van der Waals surface area contributed by atoms with E-state index in [2.05, 4.69) is 26.5 Å². The Labute approximate surface area is 238 Å². The minimum absolute atomic E-state index is 0. The molecule has 1 aromatic rings. The molecule has 3 amide bonds. The number of aromatic nitrogens is 1. The summed E-state index contributed by atoms with van der Waals surface area (Å²) in [6.07, 6.45) is 0.391. The number of nitrogens with one attached hydrogen (secondary N) is 2. The second-order valence-corrected chi connectivity index (χ2v) is 10.6. The van der Waals surface area contributed by atoms with Gasteiger partial charge in [-0.3, -0.25) is 29.4 Å². The van der Waals surface area contributed by atoms with Gasteiger partial charge in [-0.25, -0.2) is 9.78 Å². The summed E-state index contributed by atoms with van der Waals surface area (Å²) >= 11 is 2.42. The summed E-state index contributed by atoms with van der Waals surface area (Å²) in [4.78, 5) is 72.5. The van der Waals surface area contributed by atoms with Crippen LogP contribution in [0.5, 0.6) is 0 Å². The number of rotatable bonds is 10. The van der Waals surface area contributed by atoms with E-state index in [4.69, 9.17) is 14.3 Å². The molecule has 17 heteroatoms. The smallest absolute Gasteiger partial charge is 0.357 e. The van der Waals surface area contributed by atoms with Crippen LogP contribution in [0.15, 0.2) is 22.3 Å². The predicted octanol–water partition coefficient (Wildman–Crippen LogP) is -3.56. The van der Waals surface area contributed by atoms with Crippen LogP contribution in [0.1, 0.15) is 33.4 Å². The number of anilines is 1. The maximum atomic E-state index is 13.0. The van der Waals surface area contributed by atoms with E-state index in [0.717, 1.165) is 11.3 Å². The summed E-state index contributed by atoms with van der Waals surface area (Å²) in [5.74, 6) is -2.97. The topological polar surface area (TPSA) is 193 Å². The van der Waals surface area contributed by atoms with Gasteiger partial charge in [0.05, 0.1) is 5.92 Å². The number of thioether (sulfide) groups is 1.